The van der Waals surface area contributed by atoms with Gasteiger partial charge >= 0.3 is 6.09 Å². The molecule has 0 bridgehead atoms. The van der Waals surface area contributed by atoms with Crippen molar-refractivity contribution >= 4 is 17.7 Å². The van der Waals surface area contributed by atoms with Crippen molar-refractivity contribution in [2.45, 2.75) is 32.2 Å². The highest BCUT2D eigenvalue weighted by atomic mass is 16.6. The Morgan fingerprint density at radius 3 is 2.72 bits per heavy atom. The standard InChI is InChI=1S/C18H24N4O3/c1-2-25-18(24)22-11-8-15(9-12-22)20-10-7-17(23)21-16-6-4-3-5-14(16)13-19/h3-6,15,20H,2,7-12H2,1H3,(H,21,23). The molecule has 1 saturated heterocycles. The third-order valence-electron chi connectivity index (χ3n) is 4.13. The number of nitrogens with one attached hydrogen (secondary N) is 2. The van der Waals surface area contributed by atoms with E-state index in [4.69, 9.17) is 10.00 Å². The molecule has 7 nitrogen and oxygen atoms in total. The molecule has 2 amide bonds. The number of piperidine rings is 1. The molecule has 0 saturated carbocycles. The third-order valence-corrected chi connectivity index (χ3v) is 4.13. The number of hydrogen-bond donors (Lipinski definition) is 2. The maximum atomic E-state index is 12.0. The van der Waals surface area contributed by atoms with Gasteiger partial charge in [0.2, 0.25) is 5.91 Å². The number of nitriles is 1. The van der Waals surface area contributed by atoms with Crippen molar-refractivity contribution in [2.75, 3.05) is 31.6 Å². The van der Waals surface area contributed by atoms with Gasteiger partial charge in [-0.3, -0.25) is 4.79 Å². The van der Waals surface area contributed by atoms with Gasteiger partial charge in [0.15, 0.2) is 0 Å². The molecule has 2 N–H and O–H groups in total. The van der Waals surface area contributed by atoms with Crippen LogP contribution in [-0.4, -0.2) is 49.2 Å². The second kappa shape index (κ2) is 9.64. The van der Waals surface area contributed by atoms with Crippen LogP contribution in [0.1, 0.15) is 31.7 Å². The second-order valence-electron chi connectivity index (χ2n) is 5.87. The van der Waals surface area contributed by atoms with Gasteiger partial charge in [0.05, 0.1) is 17.9 Å². The van der Waals surface area contributed by atoms with Crippen molar-refractivity contribution in [3.05, 3.63) is 29.8 Å². The Bertz CT molecular complexity index is 633. The number of anilines is 1. The lowest BCUT2D eigenvalue weighted by Gasteiger charge is -2.31. The molecule has 1 aliphatic rings. The minimum absolute atomic E-state index is 0.126. The second-order valence-corrected chi connectivity index (χ2v) is 5.87. The van der Waals surface area contributed by atoms with Crippen LogP contribution in [0.2, 0.25) is 0 Å². The molecule has 1 heterocycles. The largest absolute Gasteiger partial charge is 0.450 e. The molecule has 2 rings (SSSR count). The van der Waals surface area contributed by atoms with Crippen LogP contribution in [-0.2, 0) is 9.53 Å². The third kappa shape index (κ3) is 5.76. The van der Waals surface area contributed by atoms with Gasteiger partial charge in [-0.25, -0.2) is 4.79 Å². The number of benzene rings is 1. The molecule has 0 unspecified atom stereocenters. The number of para-hydroxylation sites is 1. The van der Waals surface area contributed by atoms with Crippen LogP contribution in [0, 0.1) is 11.3 Å². The van der Waals surface area contributed by atoms with E-state index in [-0.39, 0.29) is 12.0 Å². The monoisotopic (exact) mass is 344 g/mol. The number of nitrogens with zero attached hydrogens (tertiary/aromatic N) is 2. The zero-order valence-corrected chi connectivity index (χ0v) is 14.5. The summed E-state index contributed by atoms with van der Waals surface area (Å²) in [7, 11) is 0. The average molecular weight is 344 g/mol. The van der Waals surface area contributed by atoms with Crippen LogP contribution >= 0.6 is 0 Å². The summed E-state index contributed by atoms with van der Waals surface area (Å²) in [5, 5.41) is 15.1. The van der Waals surface area contributed by atoms with Crippen LogP contribution < -0.4 is 10.6 Å². The van der Waals surface area contributed by atoms with Gasteiger partial charge in [0.25, 0.3) is 0 Å². The summed E-state index contributed by atoms with van der Waals surface area (Å²) >= 11 is 0. The summed E-state index contributed by atoms with van der Waals surface area (Å²) in [6, 6.07) is 9.29. The topological polar surface area (TPSA) is 94.5 Å². The highest BCUT2D eigenvalue weighted by molar-refractivity contribution is 5.92. The average Bonchev–Trinajstić information content (AvgIpc) is 2.63. The Morgan fingerprint density at radius 1 is 1.32 bits per heavy atom. The lowest BCUT2D eigenvalue weighted by atomic mass is 10.1. The van der Waals surface area contributed by atoms with Crippen LogP contribution in [0.4, 0.5) is 10.5 Å². The Labute approximate surface area is 147 Å². The lowest BCUT2D eigenvalue weighted by Crippen LogP contribution is -2.45. The predicted molar refractivity (Wildman–Crippen MR) is 94.0 cm³/mol. The van der Waals surface area contributed by atoms with E-state index in [2.05, 4.69) is 16.7 Å². The van der Waals surface area contributed by atoms with Crippen LogP contribution in [0.15, 0.2) is 24.3 Å². The van der Waals surface area contributed by atoms with Crippen molar-refractivity contribution in [3.63, 3.8) is 0 Å². The first kappa shape index (κ1) is 18.7. The molecular weight excluding hydrogens is 320 g/mol. The molecule has 0 aliphatic carbocycles. The molecule has 0 atom stereocenters. The smallest absolute Gasteiger partial charge is 0.409 e. The Balaban J connectivity index is 1.67. The summed E-state index contributed by atoms with van der Waals surface area (Å²) < 4.78 is 5.00. The highest BCUT2D eigenvalue weighted by Crippen LogP contribution is 2.14. The minimum atomic E-state index is -0.253. The van der Waals surface area contributed by atoms with Gasteiger partial charge < -0.3 is 20.3 Å². The number of amides is 2. The fraction of sp³-hybridized carbons (Fsp3) is 0.500. The number of rotatable bonds is 6. The van der Waals surface area contributed by atoms with E-state index in [0.29, 0.717) is 50.0 Å². The van der Waals surface area contributed by atoms with Crippen LogP contribution in [0.3, 0.4) is 0 Å². The molecule has 1 aliphatic heterocycles. The zero-order chi connectivity index (χ0) is 18.1. The molecule has 0 aromatic heterocycles. The minimum Gasteiger partial charge on any atom is -0.450 e. The van der Waals surface area contributed by atoms with Gasteiger partial charge in [-0.2, -0.15) is 5.26 Å². The van der Waals surface area contributed by atoms with Crippen LogP contribution in [0.5, 0.6) is 0 Å². The van der Waals surface area contributed by atoms with Gasteiger partial charge in [0.1, 0.15) is 6.07 Å². The van der Waals surface area contributed by atoms with Crippen molar-refractivity contribution in [3.8, 4) is 6.07 Å². The van der Waals surface area contributed by atoms with Gasteiger partial charge in [-0.1, -0.05) is 12.1 Å². The number of likely N-dealkylation sites (tertiary alicyclic amines) is 1. The maximum absolute atomic E-state index is 12.0. The van der Waals surface area contributed by atoms with Gasteiger partial charge in [-0.05, 0) is 31.9 Å². The number of ether oxygens (including phenoxy) is 1. The number of carbonyl (C=O) groups excluding carboxylic acids is 2. The van der Waals surface area contributed by atoms with E-state index in [1.807, 2.05) is 0 Å². The van der Waals surface area contributed by atoms with E-state index < -0.39 is 0 Å². The van der Waals surface area contributed by atoms with Gasteiger partial charge in [-0.15, -0.1) is 0 Å². The van der Waals surface area contributed by atoms with Crippen molar-refractivity contribution < 1.29 is 14.3 Å². The summed E-state index contributed by atoms with van der Waals surface area (Å²) in [4.78, 5) is 25.4. The van der Waals surface area contributed by atoms with Crippen molar-refractivity contribution in [2.24, 2.45) is 0 Å². The summed E-state index contributed by atoms with van der Waals surface area (Å²) in [6.45, 7) is 4.08. The normalized spacial score (nSPS) is 14.6. The van der Waals surface area contributed by atoms with E-state index in [1.54, 1.807) is 36.1 Å². The van der Waals surface area contributed by atoms with E-state index in [9.17, 15) is 9.59 Å². The SMILES string of the molecule is CCOC(=O)N1CCC(NCCC(=O)Nc2ccccc2C#N)CC1. The van der Waals surface area contributed by atoms with Crippen molar-refractivity contribution in [1.82, 2.24) is 10.2 Å². The Hall–Kier alpha value is -2.59. The fourth-order valence-corrected chi connectivity index (χ4v) is 2.77. The van der Waals surface area contributed by atoms with E-state index in [1.165, 1.54) is 0 Å². The van der Waals surface area contributed by atoms with Gasteiger partial charge in [0, 0.05) is 32.1 Å². The Kier molecular flexibility index (Phi) is 7.23. The molecule has 134 valence electrons. The van der Waals surface area contributed by atoms with Crippen LogP contribution in [0.25, 0.3) is 0 Å². The summed E-state index contributed by atoms with van der Waals surface area (Å²) in [5.41, 5.74) is 0.993. The van der Waals surface area contributed by atoms with Crippen molar-refractivity contribution in [1.29, 1.82) is 5.26 Å². The first-order chi connectivity index (χ1) is 12.1. The maximum Gasteiger partial charge on any atom is 0.409 e. The first-order valence-corrected chi connectivity index (χ1v) is 8.58. The summed E-state index contributed by atoms with van der Waals surface area (Å²) in [6.07, 6.45) is 1.77. The Morgan fingerprint density at radius 2 is 2.04 bits per heavy atom. The predicted octanol–water partition coefficient (Wildman–Crippen LogP) is 2.10. The molecule has 1 aromatic rings. The number of carbonyl (C=O) groups is 2. The lowest BCUT2D eigenvalue weighted by molar-refractivity contribution is -0.116. The molecule has 7 heteroatoms. The number of hydrogen-bond acceptors (Lipinski definition) is 5. The molecule has 0 radical (unpaired) electrons. The molecule has 1 fully saturated rings. The quantitative estimate of drug-likeness (QED) is 0.824. The van der Waals surface area contributed by atoms with E-state index in [0.717, 1.165) is 12.8 Å². The summed E-state index contributed by atoms with van der Waals surface area (Å²) in [5.74, 6) is -0.126. The first-order valence-electron chi connectivity index (χ1n) is 8.58. The zero-order valence-electron chi connectivity index (χ0n) is 14.5. The molecule has 0 spiro atoms. The molecule has 25 heavy (non-hydrogen) atoms. The van der Waals surface area contributed by atoms with E-state index >= 15 is 0 Å². The molecule has 1 aromatic carbocycles. The highest BCUT2D eigenvalue weighted by Gasteiger charge is 2.23. The molecular formula is C18H24N4O3. The fourth-order valence-electron chi connectivity index (χ4n) is 2.77.